The minimum Gasteiger partial charge on any atom is -0.330 e. The Morgan fingerprint density at radius 1 is 1.19 bits per heavy atom. The van der Waals surface area contributed by atoms with Gasteiger partial charge in [0.25, 0.3) is 0 Å². The number of rotatable bonds is 5. The molecule has 1 fully saturated rings. The zero-order chi connectivity index (χ0) is 21.9. The number of benzene rings is 1. The molecule has 2 aliphatic heterocycles. The maximum absolute atomic E-state index is 9.43. The number of pyridine rings is 1. The van der Waals surface area contributed by atoms with Gasteiger partial charge in [0.2, 0.25) is 11.2 Å². The molecule has 0 atom stereocenters. The third kappa shape index (κ3) is 2.73. The first-order valence-corrected chi connectivity index (χ1v) is 11.0. The Kier molecular flexibility index (Phi) is 4.22. The zero-order valence-corrected chi connectivity index (χ0v) is 18.3. The van der Waals surface area contributed by atoms with E-state index >= 15 is 0 Å². The van der Waals surface area contributed by atoms with Crippen LogP contribution >= 0.6 is 11.6 Å². The summed E-state index contributed by atoms with van der Waals surface area (Å²) in [6, 6.07) is 16.7. The number of halogens is 1. The van der Waals surface area contributed by atoms with Crippen LogP contribution in [0.3, 0.4) is 0 Å². The quantitative estimate of drug-likeness (QED) is 0.481. The van der Waals surface area contributed by atoms with Gasteiger partial charge in [0, 0.05) is 11.6 Å². The number of nitriles is 1. The number of aromatic nitrogens is 4. The molecular formula is C24H21ClN7+. The van der Waals surface area contributed by atoms with Crippen molar-refractivity contribution < 1.29 is 4.58 Å². The van der Waals surface area contributed by atoms with Crippen LogP contribution in [0.25, 0.3) is 22.4 Å². The molecule has 0 saturated carbocycles. The van der Waals surface area contributed by atoms with Crippen LogP contribution in [-0.4, -0.2) is 48.6 Å². The van der Waals surface area contributed by atoms with Crippen molar-refractivity contribution in [3.63, 3.8) is 0 Å². The summed E-state index contributed by atoms with van der Waals surface area (Å²) >= 11 is 6.28. The summed E-state index contributed by atoms with van der Waals surface area (Å²) in [4.78, 5) is 0. The van der Waals surface area contributed by atoms with Crippen LogP contribution in [0.1, 0.15) is 23.5 Å². The summed E-state index contributed by atoms with van der Waals surface area (Å²) in [7, 11) is 0. The van der Waals surface area contributed by atoms with Crippen LogP contribution in [0, 0.1) is 18.3 Å². The molecule has 0 aliphatic carbocycles. The van der Waals surface area contributed by atoms with E-state index in [1.165, 1.54) is 0 Å². The van der Waals surface area contributed by atoms with E-state index in [2.05, 4.69) is 65.6 Å². The highest BCUT2D eigenvalue weighted by molar-refractivity contribution is 6.30. The predicted molar refractivity (Wildman–Crippen MR) is 124 cm³/mol. The van der Waals surface area contributed by atoms with E-state index in [9.17, 15) is 5.26 Å². The van der Waals surface area contributed by atoms with Gasteiger partial charge >= 0.3 is 0 Å². The summed E-state index contributed by atoms with van der Waals surface area (Å²) in [5.74, 6) is 0.854. The van der Waals surface area contributed by atoms with Gasteiger partial charge in [-0.1, -0.05) is 23.7 Å². The van der Waals surface area contributed by atoms with Crippen molar-refractivity contribution in [1.29, 1.82) is 5.26 Å². The summed E-state index contributed by atoms with van der Waals surface area (Å²) < 4.78 is 6.68. The standard InChI is InChI=1S/C24H21ClN7/c1-16-28-29-23-6-5-19-22(32(16)23)12-21(30(19)13-17-3-2-4-18(25)11-17)20-7-10-31(20)24(8-9-26)14-27-15-24/h2-7,10-12,27H,8,13-15H2,1H3/q+1. The van der Waals surface area contributed by atoms with Crippen molar-refractivity contribution in [2.75, 3.05) is 13.1 Å². The molecule has 1 saturated heterocycles. The Hall–Kier alpha value is -3.47. The fourth-order valence-electron chi connectivity index (χ4n) is 4.83. The number of allylic oxidation sites excluding steroid dienone is 1. The molecule has 5 heterocycles. The minimum absolute atomic E-state index is 0.183. The van der Waals surface area contributed by atoms with E-state index in [0.29, 0.717) is 13.0 Å². The van der Waals surface area contributed by atoms with Crippen molar-refractivity contribution in [2.45, 2.75) is 25.4 Å². The highest BCUT2D eigenvalue weighted by Crippen LogP contribution is 2.35. The van der Waals surface area contributed by atoms with Gasteiger partial charge in [-0.3, -0.25) is 4.40 Å². The second kappa shape index (κ2) is 7.02. The molecular weight excluding hydrogens is 422 g/mol. The first kappa shape index (κ1) is 19.2. The van der Waals surface area contributed by atoms with Gasteiger partial charge in [-0.05, 0) is 42.8 Å². The lowest BCUT2D eigenvalue weighted by molar-refractivity contribution is -0.538. The average Bonchev–Trinajstić information content (AvgIpc) is 3.26. The van der Waals surface area contributed by atoms with Crippen LogP contribution in [0.4, 0.5) is 0 Å². The second-order valence-electron chi connectivity index (χ2n) is 8.52. The van der Waals surface area contributed by atoms with Crippen LogP contribution < -0.4 is 5.32 Å². The largest absolute Gasteiger partial charge is 0.330 e. The number of nitrogens with one attached hydrogen (secondary N) is 1. The maximum atomic E-state index is 9.43. The number of hydrogen-bond acceptors (Lipinski definition) is 4. The molecule has 7 nitrogen and oxygen atoms in total. The van der Waals surface area contributed by atoms with E-state index in [-0.39, 0.29) is 5.54 Å². The Balaban J connectivity index is 1.53. The highest BCUT2D eigenvalue weighted by atomic mass is 35.5. The minimum atomic E-state index is -0.183. The molecule has 0 bridgehead atoms. The molecule has 2 aliphatic rings. The van der Waals surface area contributed by atoms with Gasteiger partial charge in [-0.25, -0.2) is 0 Å². The van der Waals surface area contributed by atoms with Crippen molar-refractivity contribution in [3.8, 4) is 6.07 Å². The number of fused-ring (bicyclic) bond motifs is 3. The zero-order valence-electron chi connectivity index (χ0n) is 17.6. The van der Waals surface area contributed by atoms with Gasteiger partial charge in [0.1, 0.15) is 17.9 Å². The lowest BCUT2D eigenvalue weighted by Crippen LogP contribution is -2.66. The first-order valence-electron chi connectivity index (χ1n) is 10.6. The van der Waals surface area contributed by atoms with Crippen molar-refractivity contribution in [3.05, 3.63) is 70.6 Å². The Labute approximate surface area is 189 Å². The maximum Gasteiger partial charge on any atom is 0.235 e. The van der Waals surface area contributed by atoms with Gasteiger partial charge in [0.15, 0.2) is 11.9 Å². The molecule has 0 radical (unpaired) electrons. The van der Waals surface area contributed by atoms with E-state index in [1.54, 1.807) is 0 Å². The molecule has 8 heteroatoms. The van der Waals surface area contributed by atoms with Crippen molar-refractivity contribution >= 4 is 40.2 Å². The highest BCUT2D eigenvalue weighted by Gasteiger charge is 2.51. The van der Waals surface area contributed by atoms with E-state index in [4.69, 9.17) is 11.6 Å². The fourth-order valence-corrected chi connectivity index (χ4v) is 5.04. The molecule has 6 rings (SSSR count). The van der Waals surface area contributed by atoms with Gasteiger partial charge in [0.05, 0.1) is 36.3 Å². The van der Waals surface area contributed by atoms with Crippen molar-refractivity contribution in [2.24, 2.45) is 0 Å². The van der Waals surface area contributed by atoms with Crippen molar-refractivity contribution in [1.82, 2.24) is 24.5 Å². The SMILES string of the molecule is Cc1nnc2ccc3c(cc(C4=CC=[N+]4C4(CC#N)CNC4)n3Cc3cccc(Cl)c3)n12. The summed E-state index contributed by atoms with van der Waals surface area (Å²) in [5, 5.41) is 22.1. The molecule has 0 amide bonds. The summed E-state index contributed by atoms with van der Waals surface area (Å²) in [6.45, 7) is 4.26. The third-order valence-electron chi connectivity index (χ3n) is 6.56. The van der Waals surface area contributed by atoms with Crippen LogP contribution in [0.5, 0.6) is 0 Å². The van der Waals surface area contributed by atoms with Crippen LogP contribution in [0.2, 0.25) is 5.02 Å². The Bertz CT molecular complexity index is 1490. The smallest absolute Gasteiger partial charge is 0.235 e. The molecule has 1 aromatic carbocycles. The normalized spacial score (nSPS) is 16.9. The van der Waals surface area contributed by atoms with Gasteiger partial charge in [-0.15, -0.1) is 10.2 Å². The molecule has 1 N–H and O–H groups in total. The summed E-state index contributed by atoms with van der Waals surface area (Å²) in [5.41, 5.74) is 6.17. The molecule has 0 spiro atoms. The van der Waals surface area contributed by atoms with E-state index in [0.717, 1.165) is 57.6 Å². The van der Waals surface area contributed by atoms with Crippen LogP contribution in [-0.2, 0) is 6.54 Å². The average molecular weight is 443 g/mol. The fraction of sp³-hybridized carbons (Fsp3) is 0.250. The number of hydrogen-bond donors (Lipinski definition) is 1. The van der Waals surface area contributed by atoms with Crippen LogP contribution in [0.15, 0.2) is 48.5 Å². The molecule has 3 aromatic heterocycles. The molecule has 32 heavy (non-hydrogen) atoms. The molecule has 4 aromatic rings. The van der Waals surface area contributed by atoms with E-state index < -0.39 is 0 Å². The second-order valence-corrected chi connectivity index (χ2v) is 8.96. The lowest BCUT2D eigenvalue weighted by Gasteiger charge is -2.39. The summed E-state index contributed by atoms with van der Waals surface area (Å²) in [6.07, 6.45) is 4.71. The Morgan fingerprint density at radius 3 is 2.75 bits per heavy atom. The third-order valence-corrected chi connectivity index (χ3v) is 6.79. The Morgan fingerprint density at radius 2 is 2.06 bits per heavy atom. The lowest BCUT2D eigenvalue weighted by atomic mass is 9.86. The molecule has 158 valence electrons. The molecule has 0 unspecified atom stereocenters. The first-order chi connectivity index (χ1) is 15.6. The van der Waals surface area contributed by atoms with E-state index in [1.807, 2.05) is 31.2 Å². The van der Waals surface area contributed by atoms with Gasteiger partial charge in [-0.2, -0.15) is 9.84 Å². The topological polar surface area (TPSA) is 73.9 Å². The number of nitrogens with zero attached hydrogens (tertiary/aromatic N) is 6. The monoisotopic (exact) mass is 442 g/mol. The number of aryl methyl sites for hydroxylation is 1. The predicted octanol–water partition coefficient (Wildman–Crippen LogP) is 3.39. The van der Waals surface area contributed by atoms with Gasteiger partial charge < -0.3 is 9.88 Å².